The van der Waals surface area contributed by atoms with Gasteiger partial charge in [0, 0.05) is 24.5 Å². The van der Waals surface area contributed by atoms with Gasteiger partial charge in [-0.15, -0.1) is 0 Å². The number of nitrogens with zero attached hydrogens (tertiary/aromatic N) is 1. The first kappa shape index (κ1) is 12.2. The zero-order valence-electron chi connectivity index (χ0n) is 11.3. The van der Waals surface area contributed by atoms with Gasteiger partial charge in [0.2, 0.25) is 0 Å². The molecule has 0 unspecified atom stereocenters. The maximum absolute atomic E-state index is 3.82. The Bertz CT molecular complexity index is 376. The lowest BCUT2D eigenvalue weighted by atomic mass is 9.88. The molecule has 2 heteroatoms. The molecule has 0 aromatic heterocycles. The van der Waals surface area contributed by atoms with E-state index in [1.54, 1.807) is 0 Å². The first-order valence-corrected chi connectivity index (χ1v) is 7.35. The van der Waals surface area contributed by atoms with Gasteiger partial charge in [0.05, 0.1) is 0 Å². The number of benzene rings is 1. The molecule has 3 rings (SSSR count). The monoisotopic (exact) mass is 244 g/mol. The van der Waals surface area contributed by atoms with E-state index in [1.807, 2.05) is 0 Å². The van der Waals surface area contributed by atoms with E-state index in [-0.39, 0.29) is 0 Å². The van der Waals surface area contributed by atoms with Crippen molar-refractivity contribution in [2.45, 2.75) is 43.7 Å². The Morgan fingerprint density at radius 3 is 2.78 bits per heavy atom. The van der Waals surface area contributed by atoms with Crippen LogP contribution >= 0.6 is 0 Å². The van der Waals surface area contributed by atoms with Gasteiger partial charge in [0.15, 0.2) is 0 Å². The van der Waals surface area contributed by atoms with Crippen molar-refractivity contribution < 1.29 is 0 Å². The van der Waals surface area contributed by atoms with Crippen LogP contribution in [0.2, 0.25) is 0 Å². The predicted molar refractivity (Wildman–Crippen MR) is 75.9 cm³/mol. The number of likely N-dealkylation sites (tertiary alicyclic amines) is 1. The van der Waals surface area contributed by atoms with E-state index in [9.17, 15) is 0 Å². The van der Waals surface area contributed by atoms with Crippen LogP contribution < -0.4 is 5.32 Å². The van der Waals surface area contributed by atoms with Gasteiger partial charge in [-0.3, -0.25) is 0 Å². The Balaban J connectivity index is 1.83. The van der Waals surface area contributed by atoms with Gasteiger partial charge in [-0.1, -0.05) is 43.2 Å². The summed E-state index contributed by atoms with van der Waals surface area (Å²) < 4.78 is 0. The third-order valence-electron chi connectivity index (χ3n) is 4.68. The highest BCUT2D eigenvalue weighted by atomic mass is 15.2. The van der Waals surface area contributed by atoms with Crippen molar-refractivity contribution >= 4 is 0 Å². The molecule has 0 spiro atoms. The summed E-state index contributed by atoms with van der Waals surface area (Å²) in [6, 6.07) is 12.4. The smallest absolute Gasteiger partial charge is 0.0304 e. The van der Waals surface area contributed by atoms with Gasteiger partial charge >= 0.3 is 0 Å². The fourth-order valence-electron chi connectivity index (χ4n) is 3.72. The van der Waals surface area contributed by atoms with Crippen LogP contribution in [0.4, 0.5) is 0 Å². The van der Waals surface area contributed by atoms with Crippen LogP contribution in [0, 0.1) is 0 Å². The van der Waals surface area contributed by atoms with E-state index >= 15 is 0 Å². The van der Waals surface area contributed by atoms with Crippen LogP contribution in [0.3, 0.4) is 0 Å². The standard InChI is InChI=1S/C16H24N2/c1-18-12-14(13-8-4-2-5-9-13)16-15(18)10-6-3-7-11-17-16/h2,4-5,8-9,14-17H,3,6-7,10-12H2,1H3/t14-,15-,16-/m0/s1. The first-order chi connectivity index (χ1) is 8.86. The van der Waals surface area contributed by atoms with Crippen LogP contribution in [0.5, 0.6) is 0 Å². The molecule has 0 radical (unpaired) electrons. The Morgan fingerprint density at radius 1 is 1.11 bits per heavy atom. The fraction of sp³-hybridized carbons (Fsp3) is 0.625. The summed E-state index contributed by atoms with van der Waals surface area (Å²) in [4.78, 5) is 2.57. The topological polar surface area (TPSA) is 15.3 Å². The molecule has 3 atom stereocenters. The summed E-state index contributed by atoms with van der Waals surface area (Å²) in [5.74, 6) is 0.666. The minimum atomic E-state index is 0.651. The average molecular weight is 244 g/mol. The number of fused-ring (bicyclic) bond motifs is 1. The number of likely N-dealkylation sites (N-methyl/N-ethyl adjacent to an activating group) is 1. The molecule has 1 N–H and O–H groups in total. The van der Waals surface area contributed by atoms with Gasteiger partial charge in [0.1, 0.15) is 0 Å². The molecule has 2 fully saturated rings. The zero-order valence-corrected chi connectivity index (χ0v) is 11.3. The summed E-state index contributed by atoms with van der Waals surface area (Å²) >= 11 is 0. The third-order valence-corrected chi connectivity index (χ3v) is 4.68. The summed E-state index contributed by atoms with van der Waals surface area (Å²) in [5.41, 5.74) is 1.50. The lowest BCUT2D eigenvalue weighted by molar-refractivity contribution is 0.250. The van der Waals surface area contributed by atoms with Crippen LogP contribution in [0.15, 0.2) is 30.3 Å². The number of rotatable bonds is 1. The van der Waals surface area contributed by atoms with Crippen molar-refractivity contribution in [3.8, 4) is 0 Å². The summed E-state index contributed by atoms with van der Waals surface area (Å²) in [6.07, 6.45) is 5.49. The highest BCUT2D eigenvalue weighted by Gasteiger charge is 2.40. The largest absolute Gasteiger partial charge is 0.312 e. The molecular weight excluding hydrogens is 220 g/mol. The van der Waals surface area contributed by atoms with Crippen molar-refractivity contribution in [1.82, 2.24) is 10.2 Å². The van der Waals surface area contributed by atoms with Crippen LogP contribution in [-0.4, -0.2) is 37.1 Å². The summed E-state index contributed by atoms with van der Waals surface area (Å²) in [6.45, 7) is 2.39. The van der Waals surface area contributed by atoms with E-state index in [4.69, 9.17) is 0 Å². The Morgan fingerprint density at radius 2 is 1.94 bits per heavy atom. The van der Waals surface area contributed by atoms with E-state index < -0.39 is 0 Å². The molecule has 2 aliphatic heterocycles. The molecule has 2 heterocycles. The number of hydrogen-bond donors (Lipinski definition) is 1. The zero-order chi connectivity index (χ0) is 12.4. The lowest BCUT2D eigenvalue weighted by Gasteiger charge is -2.29. The summed E-state index contributed by atoms with van der Waals surface area (Å²) in [7, 11) is 2.30. The quantitative estimate of drug-likeness (QED) is 0.817. The lowest BCUT2D eigenvalue weighted by Crippen LogP contribution is -2.44. The maximum Gasteiger partial charge on any atom is 0.0304 e. The molecule has 2 saturated heterocycles. The molecule has 98 valence electrons. The highest BCUT2D eigenvalue weighted by molar-refractivity contribution is 5.25. The molecule has 0 aliphatic carbocycles. The van der Waals surface area contributed by atoms with Gasteiger partial charge in [-0.05, 0) is 32.0 Å². The SMILES string of the molecule is CN1C[C@@H](c2ccccc2)[C@@H]2NCCCCC[C@@H]21. The minimum absolute atomic E-state index is 0.651. The van der Waals surface area contributed by atoms with Crippen molar-refractivity contribution in [2.24, 2.45) is 0 Å². The molecule has 0 bridgehead atoms. The van der Waals surface area contributed by atoms with Gasteiger partial charge in [-0.25, -0.2) is 0 Å². The molecule has 0 amide bonds. The van der Waals surface area contributed by atoms with E-state index in [1.165, 1.54) is 44.3 Å². The van der Waals surface area contributed by atoms with Gasteiger partial charge in [-0.2, -0.15) is 0 Å². The van der Waals surface area contributed by atoms with Gasteiger partial charge in [0.25, 0.3) is 0 Å². The maximum atomic E-state index is 3.82. The number of nitrogens with one attached hydrogen (secondary N) is 1. The van der Waals surface area contributed by atoms with Crippen LogP contribution in [-0.2, 0) is 0 Å². The van der Waals surface area contributed by atoms with Crippen molar-refractivity contribution in [2.75, 3.05) is 20.1 Å². The average Bonchev–Trinajstić information content (AvgIpc) is 2.66. The van der Waals surface area contributed by atoms with E-state index in [0.29, 0.717) is 12.0 Å². The summed E-state index contributed by atoms with van der Waals surface area (Å²) in [5, 5.41) is 3.82. The van der Waals surface area contributed by atoms with Crippen molar-refractivity contribution in [3.63, 3.8) is 0 Å². The first-order valence-electron chi connectivity index (χ1n) is 7.35. The van der Waals surface area contributed by atoms with Crippen LogP contribution in [0.1, 0.15) is 37.2 Å². The fourth-order valence-corrected chi connectivity index (χ4v) is 3.72. The molecule has 0 saturated carbocycles. The highest BCUT2D eigenvalue weighted by Crippen LogP contribution is 2.34. The molecule has 1 aromatic rings. The van der Waals surface area contributed by atoms with Gasteiger partial charge < -0.3 is 10.2 Å². The van der Waals surface area contributed by atoms with E-state index in [0.717, 1.165) is 6.04 Å². The molecule has 2 aliphatic rings. The predicted octanol–water partition coefficient (Wildman–Crippen LogP) is 2.62. The van der Waals surface area contributed by atoms with Crippen LogP contribution in [0.25, 0.3) is 0 Å². The Hall–Kier alpha value is -0.860. The minimum Gasteiger partial charge on any atom is -0.312 e. The third kappa shape index (κ3) is 2.32. The second-order valence-electron chi connectivity index (χ2n) is 5.85. The Kier molecular flexibility index (Phi) is 3.67. The normalized spacial score (nSPS) is 33.7. The van der Waals surface area contributed by atoms with Crippen molar-refractivity contribution in [3.05, 3.63) is 35.9 Å². The molecule has 1 aromatic carbocycles. The molecule has 18 heavy (non-hydrogen) atoms. The molecular formula is C16H24N2. The number of hydrogen-bond acceptors (Lipinski definition) is 2. The molecule has 2 nitrogen and oxygen atoms in total. The Labute approximate surface area is 110 Å². The second-order valence-corrected chi connectivity index (χ2v) is 5.85. The van der Waals surface area contributed by atoms with Crippen molar-refractivity contribution in [1.29, 1.82) is 0 Å². The second kappa shape index (κ2) is 5.41. The van der Waals surface area contributed by atoms with E-state index in [2.05, 4.69) is 47.6 Å².